The molecular weight excluding hydrogens is 348 g/mol. The van der Waals surface area contributed by atoms with Crippen molar-refractivity contribution in [1.82, 2.24) is 0 Å². The maximum absolute atomic E-state index is 11.6. The number of benzene rings is 2. The highest BCUT2D eigenvalue weighted by Gasteiger charge is 2.08. The second-order valence-electron chi connectivity index (χ2n) is 4.67. The Hall–Kier alpha value is -2.27. The molecule has 4 nitrogen and oxygen atoms in total. The topological polar surface area (TPSA) is 48.7 Å². The van der Waals surface area contributed by atoms with E-state index < -0.39 is 5.63 Å². The Bertz CT molecular complexity index is 870. The standard InChI is InChI=1S/C17H13BrO4/c1-20-12-6-7-14(18)11(8-12)10-21-16-9-17(19)22-15-5-3-2-4-13(15)16/h2-9H,10H2,1H3. The third-order valence-corrected chi connectivity index (χ3v) is 4.02. The van der Waals surface area contributed by atoms with Gasteiger partial charge in [-0.3, -0.25) is 0 Å². The summed E-state index contributed by atoms with van der Waals surface area (Å²) >= 11 is 3.48. The van der Waals surface area contributed by atoms with E-state index in [9.17, 15) is 4.79 Å². The van der Waals surface area contributed by atoms with Crippen LogP contribution in [-0.2, 0) is 6.61 Å². The Balaban J connectivity index is 1.93. The van der Waals surface area contributed by atoms with E-state index >= 15 is 0 Å². The summed E-state index contributed by atoms with van der Waals surface area (Å²) in [4.78, 5) is 11.6. The first-order valence-corrected chi connectivity index (χ1v) is 7.45. The van der Waals surface area contributed by atoms with Gasteiger partial charge in [0.25, 0.3) is 0 Å². The number of para-hydroxylation sites is 1. The van der Waals surface area contributed by atoms with Crippen molar-refractivity contribution in [3.05, 3.63) is 69.0 Å². The molecule has 1 heterocycles. The number of rotatable bonds is 4. The predicted octanol–water partition coefficient (Wildman–Crippen LogP) is 4.14. The summed E-state index contributed by atoms with van der Waals surface area (Å²) in [6.45, 7) is 0.311. The summed E-state index contributed by atoms with van der Waals surface area (Å²) in [6.07, 6.45) is 0. The van der Waals surface area contributed by atoms with E-state index in [1.54, 1.807) is 13.2 Å². The third-order valence-electron chi connectivity index (χ3n) is 3.25. The zero-order valence-electron chi connectivity index (χ0n) is 11.8. The molecule has 0 unspecified atom stereocenters. The van der Waals surface area contributed by atoms with E-state index in [4.69, 9.17) is 13.9 Å². The smallest absolute Gasteiger partial charge is 0.339 e. The lowest BCUT2D eigenvalue weighted by Gasteiger charge is -2.11. The van der Waals surface area contributed by atoms with Gasteiger partial charge in [0, 0.05) is 10.0 Å². The quantitative estimate of drug-likeness (QED) is 0.656. The molecule has 22 heavy (non-hydrogen) atoms. The van der Waals surface area contributed by atoms with Crippen molar-refractivity contribution >= 4 is 26.9 Å². The SMILES string of the molecule is COc1ccc(Br)c(COc2cc(=O)oc3ccccc23)c1. The van der Waals surface area contributed by atoms with Crippen LogP contribution in [0.4, 0.5) is 0 Å². The predicted molar refractivity (Wildman–Crippen MR) is 87.5 cm³/mol. The third kappa shape index (κ3) is 2.99. The van der Waals surface area contributed by atoms with E-state index in [-0.39, 0.29) is 0 Å². The minimum atomic E-state index is -0.432. The molecule has 0 saturated heterocycles. The molecule has 112 valence electrons. The number of methoxy groups -OCH3 is 1. The molecule has 2 aromatic carbocycles. The van der Waals surface area contributed by atoms with Crippen LogP contribution in [0.3, 0.4) is 0 Å². The van der Waals surface area contributed by atoms with Gasteiger partial charge in [0.1, 0.15) is 23.7 Å². The second kappa shape index (κ2) is 6.23. The van der Waals surface area contributed by atoms with Crippen LogP contribution in [0.25, 0.3) is 11.0 Å². The summed E-state index contributed by atoms with van der Waals surface area (Å²) < 4.78 is 17.1. The summed E-state index contributed by atoms with van der Waals surface area (Å²) in [6, 6.07) is 14.3. The van der Waals surface area contributed by atoms with Crippen LogP contribution < -0.4 is 15.1 Å². The van der Waals surface area contributed by atoms with Crippen molar-refractivity contribution in [2.45, 2.75) is 6.61 Å². The highest BCUT2D eigenvalue weighted by Crippen LogP contribution is 2.27. The number of hydrogen-bond acceptors (Lipinski definition) is 4. The summed E-state index contributed by atoms with van der Waals surface area (Å²) in [5.74, 6) is 1.25. The van der Waals surface area contributed by atoms with Crippen LogP contribution in [0.15, 0.2) is 62.2 Å². The highest BCUT2D eigenvalue weighted by molar-refractivity contribution is 9.10. The summed E-state index contributed by atoms with van der Waals surface area (Å²) in [5.41, 5.74) is 1.00. The number of hydrogen-bond donors (Lipinski definition) is 0. The van der Waals surface area contributed by atoms with Crippen LogP contribution in [-0.4, -0.2) is 7.11 Å². The fourth-order valence-corrected chi connectivity index (χ4v) is 2.51. The van der Waals surface area contributed by atoms with Gasteiger partial charge in [-0.1, -0.05) is 28.1 Å². The molecular formula is C17H13BrO4. The van der Waals surface area contributed by atoms with E-state index in [0.29, 0.717) is 17.9 Å². The van der Waals surface area contributed by atoms with Gasteiger partial charge < -0.3 is 13.9 Å². The average molecular weight is 361 g/mol. The molecule has 0 fully saturated rings. The molecule has 0 saturated carbocycles. The first-order valence-electron chi connectivity index (χ1n) is 6.65. The minimum absolute atomic E-state index is 0.311. The molecule has 1 aromatic heterocycles. The number of ether oxygens (including phenoxy) is 2. The molecule has 0 amide bonds. The Morgan fingerprint density at radius 3 is 2.77 bits per heavy atom. The van der Waals surface area contributed by atoms with E-state index in [2.05, 4.69) is 15.9 Å². The van der Waals surface area contributed by atoms with Crippen molar-refractivity contribution < 1.29 is 13.9 Å². The maximum Gasteiger partial charge on any atom is 0.339 e. The van der Waals surface area contributed by atoms with Gasteiger partial charge >= 0.3 is 5.63 Å². The molecule has 0 aliphatic rings. The molecule has 0 atom stereocenters. The number of halogens is 1. The minimum Gasteiger partial charge on any atom is -0.497 e. The van der Waals surface area contributed by atoms with Crippen molar-refractivity contribution in [2.24, 2.45) is 0 Å². The molecule has 0 spiro atoms. The van der Waals surface area contributed by atoms with Crippen LogP contribution in [0, 0.1) is 0 Å². The van der Waals surface area contributed by atoms with E-state index in [0.717, 1.165) is 21.2 Å². The summed E-state index contributed by atoms with van der Waals surface area (Å²) in [5, 5.41) is 0.765. The first kappa shape index (κ1) is 14.7. The molecule has 0 aliphatic heterocycles. The fourth-order valence-electron chi connectivity index (χ4n) is 2.15. The molecule has 0 bridgehead atoms. The lowest BCUT2D eigenvalue weighted by Crippen LogP contribution is -2.02. The van der Waals surface area contributed by atoms with Crippen molar-refractivity contribution in [1.29, 1.82) is 0 Å². The molecule has 0 aliphatic carbocycles. The van der Waals surface area contributed by atoms with Crippen LogP contribution >= 0.6 is 15.9 Å². The Morgan fingerprint density at radius 1 is 1.14 bits per heavy atom. The molecule has 0 radical (unpaired) electrons. The van der Waals surface area contributed by atoms with E-state index in [1.807, 2.05) is 36.4 Å². The van der Waals surface area contributed by atoms with Gasteiger partial charge in [-0.05, 0) is 30.3 Å². The zero-order valence-corrected chi connectivity index (χ0v) is 13.4. The maximum atomic E-state index is 11.6. The molecule has 3 rings (SSSR count). The molecule has 3 aromatic rings. The van der Waals surface area contributed by atoms with Crippen molar-refractivity contribution in [3.8, 4) is 11.5 Å². The second-order valence-corrected chi connectivity index (χ2v) is 5.53. The van der Waals surface area contributed by atoms with Gasteiger partial charge in [0.15, 0.2) is 0 Å². The van der Waals surface area contributed by atoms with Crippen LogP contribution in [0.5, 0.6) is 11.5 Å². The van der Waals surface area contributed by atoms with Gasteiger partial charge in [-0.2, -0.15) is 0 Å². The monoisotopic (exact) mass is 360 g/mol. The van der Waals surface area contributed by atoms with Crippen LogP contribution in [0.2, 0.25) is 0 Å². The Labute approximate surface area is 135 Å². The Kier molecular flexibility index (Phi) is 4.15. The van der Waals surface area contributed by atoms with E-state index in [1.165, 1.54) is 6.07 Å². The lowest BCUT2D eigenvalue weighted by atomic mass is 10.2. The average Bonchev–Trinajstić information content (AvgIpc) is 2.53. The van der Waals surface area contributed by atoms with Crippen LogP contribution in [0.1, 0.15) is 5.56 Å². The van der Waals surface area contributed by atoms with Gasteiger partial charge in [-0.25, -0.2) is 4.79 Å². The molecule has 0 N–H and O–H groups in total. The highest BCUT2D eigenvalue weighted by atomic mass is 79.9. The van der Waals surface area contributed by atoms with Crippen molar-refractivity contribution in [3.63, 3.8) is 0 Å². The first-order chi connectivity index (χ1) is 10.7. The normalized spacial score (nSPS) is 10.6. The number of fused-ring (bicyclic) bond motifs is 1. The lowest BCUT2D eigenvalue weighted by molar-refractivity contribution is 0.305. The molecule has 5 heteroatoms. The van der Waals surface area contributed by atoms with Gasteiger partial charge in [-0.15, -0.1) is 0 Å². The Morgan fingerprint density at radius 2 is 1.95 bits per heavy atom. The fraction of sp³-hybridized carbons (Fsp3) is 0.118. The largest absolute Gasteiger partial charge is 0.497 e. The van der Waals surface area contributed by atoms with Gasteiger partial charge in [0.2, 0.25) is 0 Å². The summed E-state index contributed by atoms with van der Waals surface area (Å²) in [7, 11) is 1.61. The van der Waals surface area contributed by atoms with Gasteiger partial charge in [0.05, 0.1) is 18.6 Å². The zero-order chi connectivity index (χ0) is 15.5. The van der Waals surface area contributed by atoms with Crippen molar-refractivity contribution in [2.75, 3.05) is 7.11 Å².